The molecule has 5 aliphatic rings. The van der Waals surface area contributed by atoms with Crippen molar-refractivity contribution < 1.29 is 14.7 Å². The molecule has 3 unspecified atom stereocenters. The number of carbonyl (C=O) groups is 2. The van der Waals surface area contributed by atoms with Crippen molar-refractivity contribution in [1.29, 1.82) is 5.26 Å². The first-order valence-corrected chi connectivity index (χ1v) is 14.3. The lowest BCUT2D eigenvalue weighted by Gasteiger charge is -2.69. The fourth-order valence-electron chi connectivity index (χ4n) is 10.5. The lowest BCUT2D eigenvalue weighted by atomic mass is 9.34. The van der Waals surface area contributed by atoms with E-state index in [0.717, 1.165) is 50.5 Å². The number of carbonyl (C=O) groups excluding carboxylic acids is 2. The highest BCUT2D eigenvalue weighted by molar-refractivity contribution is 6.04. The number of nitrogens with zero attached hydrogens (tertiary/aromatic N) is 1. The van der Waals surface area contributed by atoms with E-state index in [-0.39, 0.29) is 62.3 Å². The van der Waals surface area contributed by atoms with Crippen molar-refractivity contribution in [3.63, 3.8) is 0 Å². The molecule has 0 saturated heterocycles. The van der Waals surface area contributed by atoms with Gasteiger partial charge in [0.2, 0.25) is 0 Å². The van der Waals surface area contributed by atoms with E-state index in [9.17, 15) is 20.0 Å². The van der Waals surface area contributed by atoms with Crippen LogP contribution in [0.25, 0.3) is 0 Å². The minimum absolute atomic E-state index is 0.0610. The molecule has 0 bridgehead atoms. The van der Waals surface area contributed by atoms with Gasteiger partial charge in [0.15, 0.2) is 11.6 Å². The van der Waals surface area contributed by atoms with Gasteiger partial charge < -0.3 is 5.11 Å². The van der Waals surface area contributed by atoms with Gasteiger partial charge in [-0.1, -0.05) is 66.7 Å². The van der Waals surface area contributed by atoms with Crippen LogP contribution in [0.1, 0.15) is 99.8 Å². The average Bonchev–Trinajstić information content (AvgIpc) is 2.78. The number of hydrogen-bond donors (Lipinski definition) is 1. The third-order valence-electron chi connectivity index (χ3n) is 12.6. The van der Waals surface area contributed by atoms with Crippen molar-refractivity contribution in [2.24, 2.45) is 50.2 Å². The van der Waals surface area contributed by atoms with E-state index in [1.54, 1.807) is 0 Å². The van der Waals surface area contributed by atoms with Gasteiger partial charge in [-0.15, -0.1) is 0 Å². The topological polar surface area (TPSA) is 78.2 Å². The molecule has 4 heteroatoms. The second kappa shape index (κ2) is 7.71. The molecular weight excluding hydrogens is 458 g/mol. The van der Waals surface area contributed by atoms with Crippen LogP contribution < -0.4 is 0 Å². The van der Waals surface area contributed by atoms with Gasteiger partial charge in [-0.2, -0.15) is 5.26 Å². The normalized spacial score (nSPS) is 45.7. The highest BCUT2D eigenvalue weighted by Gasteiger charge is 2.69. The molecule has 0 heterocycles. The fraction of sp³-hybridized carbons (Fsp3) is 0.727. The average molecular weight is 504 g/mol. The van der Waals surface area contributed by atoms with E-state index in [4.69, 9.17) is 0 Å². The molecule has 3 saturated carbocycles. The van der Waals surface area contributed by atoms with E-state index in [0.29, 0.717) is 6.42 Å². The van der Waals surface area contributed by atoms with E-state index in [1.807, 2.05) is 26.0 Å². The molecule has 200 valence electrons. The quantitative estimate of drug-likeness (QED) is 0.392. The highest BCUT2D eigenvalue weighted by atomic mass is 16.3. The van der Waals surface area contributed by atoms with Crippen molar-refractivity contribution in [3.05, 3.63) is 35.6 Å². The number of nitriles is 1. The highest BCUT2D eigenvalue weighted by Crippen LogP contribution is 2.75. The van der Waals surface area contributed by atoms with Gasteiger partial charge in [-0.25, -0.2) is 0 Å². The standard InChI is InChI=1S/C33H45NO3/c1-20(35)16-33-13-11-28(2,3)18-22(33)26-23(36)15-25-30(6)17-21(19-34)27(37)29(4,5)24(30)9-10-31(25,7)32(26,8)12-14-33/h15,17,22,24,26,35H,1,9-14,16,18H2,2-8H3/t22?,24?,26?,30-,31+,32+,33+/m0/s1. The molecule has 4 nitrogen and oxygen atoms in total. The van der Waals surface area contributed by atoms with Gasteiger partial charge in [0.1, 0.15) is 6.07 Å². The van der Waals surface area contributed by atoms with Crippen molar-refractivity contribution >= 4 is 11.6 Å². The van der Waals surface area contributed by atoms with Gasteiger partial charge in [-0.05, 0) is 84.5 Å². The maximum Gasteiger partial charge on any atom is 0.178 e. The molecular formula is C33H45NO3. The fourth-order valence-corrected chi connectivity index (χ4v) is 10.5. The number of aliphatic hydroxyl groups excluding tert-OH is 1. The molecule has 1 N–H and O–H groups in total. The second-order valence-electron chi connectivity index (χ2n) is 15.4. The summed E-state index contributed by atoms with van der Waals surface area (Å²) < 4.78 is 0. The number of allylic oxidation sites excluding steroid dienone is 5. The first kappa shape index (κ1) is 26.5. The Balaban J connectivity index is 1.69. The molecule has 37 heavy (non-hydrogen) atoms. The predicted molar refractivity (Wildman–Crippen MR) is 145 cm³/mol. The number of aliphatic hydroxyl groups is 1. The third-order valence-corrected chi connectivity index (χ3v) is 12.6. The van der Waals surface area contributed by atoms with Crippen LogP contribution in [0.4, 0.5) is 0 Å². The van der Waals surface area contributed by atoms with Crippen LogP contribution in [0.3, 0.4) is 0 Å². The van der Waals surface area contributed by atoms with Gasteiger partial charge in [0, 0.05) is 23.2 Å². The van der Waals surface area contributed by atoms with E-state index in [1.165, 1.54) is 0 Å². The van der Waals surface area contributed by atoms with Crippen molar-refractivity contribution in [1.82, 2.24) is 0 Å². The van der Waals surface area contributed by atoms with E-state index < -0.39 is 10.8 Å². The molecule has 0 aromatic carbocycles. The van der Waals surface area contributed by atoms with E-state index >= 15 is 0 Å². The first-order chi connectivity index (χ1) is 17.0. The molecule has 5 rings (SSSR count). The predicted octanol–water partition coefficient (Wildman–Crippen LogP) is 7.67. The summed E-state index contributed by atoms with van der Waals surface area (Å²) >= 11 is 0. The molecule has 0 aromatic rings. The van der Waals surface area contributed by atoms with Crippen LogP contribution in [-0.2, 0) is 9.59 Å². The number of ketones is 2. The van der Waals surface area contributed by atoms with Gasteiger partial charge in [0.05, 0.1) is 11.3 Å². The number of fused-ring (bicyclic) bond motifs is 7. The summed E-state index contributed by atoms with van der Waals surface area (Å²) in [4.78, 5) is 27.6. The zero-order chi connectivity index (χ0) is 27.4. The van der Waals surface area contributed by atoms with Crippen LogP contribution in [-0.4, -0.2) is 16.7 Å². The molecule has 0 radical (unpaired) electrons. The monoisotopic (exact) mass is 503 g/mol. The molecule has 0 spiro atoms. The zero-order valence-electron chi connectivity index (χ0n) is 24.0. The van der Waals surface area contributed by atoms with Crippen molar-refractivity contribution in [2.75, 3.05) is 0 Å². The molecule has 0 aliphatic heterocycles. The third kappa shape index (κ3) is 3.31. The summed E-state index contributed by atoms with van der Waals surface area (Å²) in [5.41, 5.74) is -0.0872. The van der Waals surface area contributed by atoms with Crippen LogP contribution in [0, 0.1) is 61.6 Å². The summed E-state index contributed by atoms with van der Waals surface area (Å²) in [6, 6.07) is 2.19. The Labute approximate surface area is 223 Å². The summed E-state index contributed by atoms with van der Waals surface area (Å²) in [6.45, 7) is 19.4. The number of hydrogen-bond acceptors (Lipinski definition) is 4. The van der Waals surface area contributed by atoms with Crippen LogP contribution in [0.5, 0.6) is 0 Å². The summed E-state index contributed by atoms with van der Waals surface area (Å²) in [7, 11) is 0. The Bertz CT molecular complexity index is 1200. The summed E-state index contributed by atoms with van der Waals surface area (Å²) in [6.07, 6.45) is 11.4. The summed E-state index contributed by atoms with van der Waals surface area (Å²) in [5.74, 6) is 0.576. The minimum Gasteiger partial charge on any atom is -0.513 e. The lowest BCUT2D eigenvalue weighted by Crippen LogP contribution is -2.64. The maximum atomic E-state index is 14.4. The van der Waals surface area contributed by atoms with Crippen molar-refractivity contribution in [3.8, 4) is 6.07 Å². The van der Waals surface area contributed by atoms with Gasteiger partial charge in [-0.3, -0.25) is 9.59 Å². The van der Waals surface area contributed by atoms with Crippen molar-refractivity contribution in [2.45, 2.75) is 99.8 Å². The first-order valence-electron chi connectivity index (χ1n) is 14.3. The molecule has 7 atom stereocenters. The molecule has 3 fully saturated rings. The molecule has 0 aromatic heterocycles. The maximum absolute atomic E-state index is 14.4. The summed E-state index contributed by atoms with van der Waals surface area (Å²) in [5, 5.41) is 20.2. The Hall–Kier alpha value is -2.15. The largest absolute Gasteiger partial charge is 0.513 e. The minimum atomic E-state index is -0.645. The second-order valence-corrected chi connectivity index (χ2v) is 15.4. The Kier molecular flexibility index (Phi) is 5.51. The zero-order valence-corrected chi connectivity index (χ0v) is 24.0. The SMILES string of the molecule is C=C(O)C[C@]12CCC(C)(C)CC1C1C(=O)C=C3[C@@]4(C)C=C(C#N)C(=O)C(C)(C)C4CC[C@@]3(C)[C@]1(C)CC2. The number of rotatable bonds is 2. The Morgan fingerprint density at radius 1 is 1.05 bits per heavy atom. The van der Waals surface area contributed by atoms with Crippen LogP contribution >= 0.6 is 0 Å². The van der Waals surface area contributed by atoms with E-state index in [2.05, 4.69) is 47.3 Å². The van der Waals surface area contributed by atoms with Crippen LogP contribution in [0.15, 0.2) is 35.6 Å². The number of Topliss-reactive ketones (excluding diaryl/α,β-unsaturated/α-hetero) is 1. The van der Waals surface area contributed by atoms with Crippen LogP contribution in [0.2, 0.25) is 0 Å². The molecule has 5 aliphatic carbocycles. The Morgan fingerprint density at radius 2 is 1.70 bits per heavy atom. The smallest absolute Gasteiger partial charge is 0.178 e. The van der Waals surface area contributed by atoms with Gasteiger partial charge in [0.25, 0.3) is 0 Å². The van der Waals surface area contributed by atoms with Gasteiger partial charge >= 0.3 is 0 Å². The lowest BCUT2D eigenvalue weighted by molar-refractivity contribution is -0.172. The molecule has 0 amide bonds. The Morgan fingerprint density at radius 3 is 2.32 bits per heavy atom.